The summed E-state index contributed by atoms with van der Waals surface area (Å²) in [7, 11) is -3.89. The molecule has 0 aliphatic carbocycles. The molecule has 0 fully saturated rings. The number of hydrogen-bond donors (Lipinski definition) is 1. The predicted octanol–water partition coefficient (Wildman–Crippen LogP) is 3.73. The molecule has 0 radical (unpaired) electrons. The summed E-state index contributed by atoms with van der Waals surface area (Å²) in [6.45, 7) is 3.29. The van der Waals surface area contributed by atoms with E-state index in [0.717, 1.165) is 11.0 Å². The Morgan fingerprint density at radius 1 is 1.08 bits per heavy atom. The van der Waals surface area contributed by atoms with Gasteiger partial charge in [0.1, 0.15) is 0 Å². The first kappa shape index (κ1) is 18.2. The molecule has 0 saturated carbocycles. The van der Waals surface area contributed by atoms with E-state index in [1.165, 1.54) is 6.08 Å². The minimum absolute atomic E-state index is 0.486. The molecule has 0 bridgehead atoms. The minimum atomic E-state index is -3.89. The quantitative estimate of drug-likeness (QED) is 0.880. The largest absolute Gasteiger partial charge is 0.273 e. The van der Waals surface area contributed by atoms with Crippen molar-refractivity contribution in [3.8, 4) is 0 Å². The molecule has 6 heteroatoms. The van der Waals surface area contributed by atoms with Gasteiger partial charge in [0.15, 0.2) is 0 Å². The molecule has 0 atom stereocenters. The summed E-state index contributed by atoms with van der Waals surface area (Å²) < 4.78 is 26.3. The van der Waals surface area contributed by atoms with Crippen LogP contribution in [-0.4, -0.2) is 14.3 Å². The molecule has 2 aromatic carbocycles. The van der Waals surface area contributed by atoms with Gasteiger partial charge in [0.2, 0.25) is 5.91 Å². The van der Waals surface area contributed by atoms with Crippen LogP contribution in [0.5, 0.6) is 0 Å². The highest BCUT2D eigenvalue weighted by Gasteiger charge is 2.32. The van der Waals surface area contributed by atoms with Crippen LogP contribution in [0.2, 0.25) is 5.02 Å². The fourth-order valence-corrected chi connectivity index (χ4v) is 3.14. The number of carbonyl (C=O) groups excluding carboxylic acids is 1. The summed E-state index contributed by atoms with van der Waals surface area (Å²) in [4.78, 5) is 12.4. The zero-order valence-corrected chi connectivity index (χ0v) is 14.9. The molecule has 0 unspecified atom stereocenters. The lowest BCUT2D eigenvalue weighted by molar-refractivity contribution is -0.123. The maximum atomic E-state index is 12.4. The fraction of sp³-hybridized carbons (Fsp3) is 0.167. The van der Waals surface area contributed by atoms with Crippen molar-refractivity contribution in [2.75, 3.05) is 0 Å². The van der Waals surface area contributed by atoms with Gasteiger partial charge in [0, 0.05) is 5.02 Å². The molecule has 2 rings (SSSR count). The maximum Gasteiger partial charge on any atom is 0.257 e. The Hall–Kier alpha value is -2.11. The number of amides is 1. The summed E-state index contributed by atoms with van der Waals surface area (Å²) in [5, 5.41) is 1.47. The molecule has 1 N–H and O–H groups in total. The Morgan fingerprint density at radius 2 is 1.75 bits per heavy atom. The highest BCUT2D eigenvalue weighted by molar-refractivity contribution is 7.93. The molecular formula is C18H18ClNO3S. The normalized spacial score (nSPS) is 12.3. The van der Waals surface area contributed by atoms with Gasteiger partial charge < -0.3 is 0 Å². The summed E-state index contributed by atoms with van der Waals surface area (Å²) in [5.41, 5.74) is 0.317. The van der Waals surface area contributed by atoms with Gasteiger partial charge in [0.25, 0.3) is 10.0 Å². The number of halogens is 1. The van der Waals surface area contributed by atoms with Crippen molar-refractivity contribution >= 4 is 33.6 Å². The Balaban J connectivity index is 2.17. The van der Waals surface area contributed by atoms with E-state index in [4.69, 9.17) is 11.6 Å². The van der Waals surface area contributed by atoms with E-state index in [1.807, 2.05) is 6.07 Å². The van der Waals surface area contributed by atoms with Crippen molar-refractivity contribution in [2.24, 2.45) is 0 Å². The van der Waals surface area contributed by atoms with E-state index in [0.29, 0.717) is 10.6 Å². The van der Waals surface area contributed by atoms with Gasteiger partial charge in [0.05, 0.1) is 10.8 Å². The van der Waals surface area contributed by atoms with E-state index in [9.17, 15) is 13.2 Å². The molecule has 0 aliphatic heterocycles. The molecule has 0 spiro atoms. The summed E-state index contributed by atoms with van der Waals surface area (Å²) in [5.74, 6) is -0.623. The third kappa shape index (κ3) is 4.69. The topological polar surface area (TPSA) is 63.2 Å². The third-order valence-corrected chi connectivity index (χ3v) is 4.79. The molecule has 4 nitrogen and oxygen atoms in total. The van der Waals surface area contributed by atoms with Crippen LogP contribution < -0.4 is 4.72 Å². The van der Waals surface area contributed by atoms with Crippen molar-refractivity contribution in [2.45, 2.75) is 19.3 Å². The van der Waals surface area contributed by atoms with Crippen LogP contribution in [0.1, 0.15) is 25.0 Å². The molecule has 126 valence electrons. The first-order chi connectivity index (χ1) is 11.2. The average Bonchev–Trinajstić information content (AvgIpc) is 2.53. The van der Waals surface area contributed by atoms with Gasteiger partial charge in [-0.05, 0) is 43.2 Å². The lowest BCUT2D eigenvalue weighted by Crippen LogP contribution is -2.42. The highest BCUT2D eigenvalue weighted by Crippen LogP contribution is 2.26. The van der Waals surface area contributed by atoms with Crippen molar-refractivity contribution in [3.63, 3.8) is 0 Å². The predicted molar refractivity (Wildman–Crippen MR) is 97.0 cm³/mol. The van der Waals surface area contributed by atoms with Crippen LogP contribution in [0.4, 0.5) is 0 Å². The molecular weight excluding hydrogens is 346 g/mol. The van der Waals surface area contributed by atoms with Crippen LogP contribution in [0.25, 0.3) is 6.08 Å². The number of rotatable bonds is 5. The van der Waals surface area contributed by atoms with Crippen LogP contribution in [0.3, 0.4) is 0 Å². The van der Waals surface area contributed by atoms with Crippen molar-refractivity contribution in [1.29, 1.82) is 0 Å². The number of nitrogens with one attached hydrogen (secondary N) is 1. The van der Waals surface area contributed by atoms with Crippen LogP contribution in [0.15, 0.2) is 60.0 Å². The van der Waals surface area contributed by atoms with E-state index in [2.05, 4.69) is 4.72 Å². The lowest BCUT2D eigenvalue weighted by Gasteiger charge is -2.23. The Bertz CT molecular complexity index is 859. The monoisotopic (exact) mass is 363 g/mol. The van der Waals surface area contributed by atoms with Crippen LogP contribution >= 0.6 is 11.6 Å². The summed E-state index contributed by atoms with van der Waals surface area (Å²) in [6, 6.07) is 15.8. The zero-order valence-electron chi connectivity index (χ0n) is 13.4. The van der Waals surface area contributed by atoms with E-state index in [1.54, 1.807) is 62.4 Å². The van der Waals surface area contributed by atoms with E-state index in [-0.39, 0.29) is 0 Å². The first-order valence-electron chi connectivity index (χ1n) is 7.27. The number of carbonyl (C=O) groups is 1. The standard InChI is InChI=1S/C18H18ClNO3S/c1-18(2,15-9-6-10-16(19)13-15)17(21)20-24(22,23)12-11-14-7-4-3-5-8-14/h3-13H,1-2H3,(H,20,21). The SMILES string of the molecule is CC(C)(C(=O)NS(=O)(=O)C=Cc1ccccc1)c1cccc(Cl)c1. The van der Waals surface area contributed by atoms with Crippen molar-refractivity contribution in [3.05, 3.63) is 76.2 Å². The van der Waals surface area contributed by atoms with Gasteiger partial charge in [-0.2, -0.15) is 0 Å². The summed E-state index contributed by atoms with van der Waals surface area (Å²) in [6.07, 6.45) is 1.43. The number of benzene rings is 2. The van der Waals surface area contributed by atoms with Gasteiger partial charge in [-0.15, -0.1) is 0 Å². The Kier molecular flexibility index (Phi) is 5.47. The van der Waals surface area contributed by atoms with Crippen LogP contribution in [0, 0.1) is 0 Å². The Morgan fingerprint density at radius 3 is 2.38 bits per heavy atom. The van der Waals surface area contributed by atoms with Gasteiger partial charge in [-0.1, -0.05) is 54.1 Å². The molecule has 0 aromatic heterocycles. The van der Waals surface area contributed by atoms with Crippen molar-refractivity contribution in [1.82, 2.24) is 4.72 Å². The minimum Gasteiger partial charge on any atom is -0.273 e. The molecule has 0 aliphatic rings. The smallest absolute Gasteiger partial charge is 0.257 e. The fourth-order valence-electron chi connectivity index (χ4n) is 2.03. The second-order valence-corrected chi connectivity index (χ2v) is 7.83. The zero-order chi connectivity index (χ0) is 17.8. The maximum absolute atomic E-state index is 12.4. The molecule has 0 heterocycles. The molecule has 24 heavy (non-hydrogen) atoms. The van der Waals surface area contributed by atoms with E-state index < -0.39 is 21.3 Å². The lowest BCUT2D eigenvalue weighted by atomic mass is 9.84. The van der Waals surface area contributed by atoms with Gasteiger partial charge in [-0.25, -0.2) is 13.1 Å². The second kappa shape index (κ2) is 7.20. The third-order valence-electron chi connectivity index (χ3n) is 3.59. The molecule has 2 aromatic rings. The average molecular weight is 364 g/mol. The number of hydrogen-bond acceptors (Lipinski definition) is 3. The number of sulfonamides is 1. The van der Waals surface area contributed by atoms with E-state index >= 15 is 0 Å². The van der Waals surface area contributed by atoms with Gasteiger partial charge >= 0.3 is 0 Å². The van der Waals surface area contributed by atoms with Crippen molar-refractivity contribution < 1.29 is 13.2 Å². The Labute approximate surface area is 147 Å². The summed E-state index contributed by atoms with van der Waals surface area (Å²) >= 11 is 5.95. The highest BCUT2D eigenvalue weighted by atomic mass is 35.5. The molecule has 1 amide bonds. The van der Waals surface area contributed by atoms with Crippen LogP contribution in [-0.2, 0) is 20.2 Å². The first-order valence-corrected chi connectivity index (χ1v) is 9.19. The van der Waals surface area contributed by atoms with Gasteiger partial charge in [-0.3, -0.25) is 4.79 Å². The molecule has 0 saturated heterocycles. The second-order valence-electron chi connectivity index (χ2n) is 5.82.